The van der Waals surface area contributed by atoms with E-state index in [0.29, 0.717) is 0 Å². The Hall–Kier alpha value is -0.0400. The van der Waals surface area contributed by atoms with Crippen LogP contribution in [0.5, 0.6) is 0 Å². The molecule has 0 aromatic heterocycles. The topological polar surface area (TPSA) is 12.0 Å². The molecule has 1 unspecified atom stereocenters. The number of nitrogens with one attached hydrogen (secondary N) is 1. The van der Waals surface area contributed by atoms with Crippen molar-refractivity contribution in [3.05, 3.63) is 0 Å². The first kappa shape index (κ1) is 7.60. The third-order valence-electron chi connectivity index (χ3n) is 3.43. The first-order chi connectivity index (χ1) is 5.36. The van der Waals surface area contributed by atoms with Crippen LogP contribution in [0.25, 0.3) is 0 Å². The number of hydrogen-bond donors (Lipinski definition) is 1. The molecule has 0 saturated heterocycles. The van der Waals surface area contributed by atoms with Crippen molar-refractivity contribution in [1.82, 2.24) is 5.32 Å². The summed E-state index contributed by atoms with van der Waals surface area (Å²) in [6.07, 6.45) is 5.87. The number of rotatable bonds is 4. The molecule has 1 N–H and O–H groups in total. The fraction of sp³-hybridized carbons (Fsp3) is 1.00. The summed E-state index contributed by atoms with van der Waals surface area (Å²) in [5, 5.41) is 3.49. The molecule has 0 aromatic carbocycles. The van der Waals surface area contributed by atoms with E-state index in [1.807, 2.05) is 0 Å². The molecule has 64 valence electrons. The molecule has 0 aromatic rings. The van der Waals surface area contributed by atoms with Crippen molar-refractivity contribution in [2.45, 2.75) is 38.6 Å². The quantitative estimate of drug-likeness (QED) is 0.651. The molecule has 3 atom stereocenters. The van der Waals surface area contributed by atoms with Crippen LogP contribution in [0.3, 0.4) is 0 Å². The van der Waals surface area contributed by atoms with E-state index in [-0.39, 0.29) is 0 Å². The summed E-state index contributed by atoms with van der Waals surface area (Å²) in [7, 11) is 2.13. The minimum absolute atomic E-state index is 0.875. The SMILES string of the molecule is CC[C@@H]1C[C@H]1C(NC)C1CC1. The lowest BCUT2D eigenvalue weighted by Gasteiger charge is -2.14. The fourth-order valence-electron chi connectivity index (χ4n) is 2.43. The molecule has 2 saturated carbocycles. The van der Waals surface area contributed by atoms with Crippen molar-refractivity contribution in [1.29, 1.82) is 0 Å². The Balaban J connectivity index is 1.82. The summed E-state index contributed by atoms with van der Waals surface area (Å²) >= 11 is 0. The fourth-order valence-corrected chi connectivity index (χ4v) is 2.43. The van der Waals surface area contributed by atoms with E-state index in [1.165, 1.54) is 25.7 Å². The standard InChI is InChI=1S/C10H19N/c1-3-7-6-9(7)10(11-2)8-4-5-8/h7-11H,3-6H2,1-2H3/t7-,9-,10?/m1/s1. The van der Waals surface area contributed by atoms with Gasteiger partial charge in [-0.15, -0.1) is 0 Å². The predicted molar refractivity (Wildman–Crippen MR) is 47.5 cm³/mol. The van der Waals surface area contributed by atoms with Crippen LogP contribution < -0.4 is 5.32 Å². The van der Waals surface area contributed by atoms with Crippen LogP contribution in [0.4, 0.5) is 0 Å². The van der Waals surface area contributed by atoms with Gasteiger partial charge in [0, 0.05) is 6.04 Å². The zero-order valence-electron chi connectivity index (χ0n) is 7.64. The Morgan fingerprint density at radius 3 is 2.55 bits per heavy atom. The van der Waals surface area contributed by atoms with Gasteiger partial charge in [-0.1, -0.05) is 13.3 Å². The monoisotopic (exact) mass is 153 g/mol. The van der Waals surface area contributed by atoms with Crippen molar-refractivity contribution < 1.29 is 0 Å². The van der Waals surface area contributed by atoms with Gasteiger partial charge in [-0.3, -0.25) is 0 Å². The molecule has 0 aliphatic heterocycles. The van der Waals surface area contributed by atoms with Gasteiger partial charge in [-0.2, -0.15) is 0 Å². The van der Waals surface area contributed by atoms with Gasteiger partial charge in [0.05, 0.1) is 0 Å². The Kier molecular flexibility index (Phi) is 1.92. The highest BCUT2D eigenvalue weighted by atomic mass is 14.9. The van der Waals surface area contributed by atoms with Crippen LogP contribution in [0.1, 0.15) is 32.6 Å². The van der Waals surface area contributed by atoms with Gasteiger partial charge in [-0.25, -0.2) is 0 Å². The molecule has 1 heteroatoms. The molecular formula is C10H19N. The second-order valence-electron chi connectivity index (χ2n) is 4.22. The molecule has 0 spiro atoms. The lowest BCUT2D eigenvalue weighted by atomic mass is 10.1. The van der Waals surface area contributed by atoms with E-state index in [9.17, 15) is 0 Å². The van der Waals surface area contributed by atoms with Crippen molar-refractivity contribution in [3.8, 4) is 0 Å². The summed E-state index contributed by atoms with van der Waals surface area (Å²) in [6.45, 7) is 2.32. The first-order valence-corrected chi connectivity index (χ1v) is 5.04. The van der Waals surface area contributed by atoms with Crippen molar-refractivity contribution in [2.24, 2.45) is 17.8 Å². The largest absolute Gasteiger partial charge is 0.316 e. The van der Waals surface area contributed by atoms with Crippen LogP contribution >= 0.6 is 0 Å². The summed E-state index contributed by atoms with van der Waals surface area (Å²) < 4.78 is 0. The van der Waals surface area contributed by atoms with Gasteiger partial charge < -0.3 is 5.32 Å². The molecule has 0 radical (unpaired) electrons. The van der Waals surface area contributed by atoms with Gasteiger partial charge in [0.2, 0.25) is 0 Å². The molecule has 1 nitrogen and oxygen atoms in total. The van der Waals surface area contributed by atoms with Crippen LogP contribution in [-0.4, -0.2) is 13.1 Å². The third-order valence-corrected chi connectivity index (χ3v) is 3.43. The van der Waals surface area contributed by atoms with Crippen LogP contribution in [0.15, 0.2) is 0 Å². The minimum atomic E-state index is 0.875. The Labute approximate surface area is 69.6 Å². The van der Waals surface area contributed by atoms with E-state index < -0.39 is 0 Å². The zero-order chi connectivity index (χ0) is 7.84. The average Bonchev–Trinajstić information content (AvgIpc) is 2.82. The maximum Gasteiger partial charge on any atom is 0.0123 e. The number of hydrogen-bond acceptors (Lipinski definition) is 1. The molecular weight excluding hydrogens is 134 g/mol. The van der Waals surface area contributed by atoms with Crippen molar-refractivity contribution in [3.63, 3.8) is 0 Å². The molecule has 2 aliphatic carbocycles. The lowest BCUT2D eigenvalue weighted by molar-refractivity contribution is 0.425. The van der Waals surface area contributed by atoms with Crippen molar-refractivity contribution >= 4 is 0 Å². The average molecular weight is 153 g/mol. The first-order valence-electron chi connectivity index (χ1n) is 5.04. The van der Waals surface area contributed by atoms with Crippen molar-refractivity contribution in [2.75, 3.05) is 7.05 Å². The molecule has 2 aliphatic rings. The Morgan fingerprint density at radius 2 is 2.18 bits per heavy atom. The van der Waals surface area contributed by atoms with E-state index >= 15 is 0 Å². The van der Waals surface area contributed by atoms with Crippen LogP contribution in [-0.2, 0) is 0 Å². The smallest absolute Gasteiger partial charge is 0.0123 e. The second kappa shape index (κ2) is 2.78. The van der Waals surface area contributed by atoms with Gasteiger partial charge in [-0.05, 0) is 44.1 Å². The van der Waals surface area contributed by atoms with E-state index in [2.05, 4.69) is 19.3 Å². The molecule has 2 fully saturated rings. The molecule has 11 heavy (non-hydrogen) atoms. The van der Waals surface area contributed by atoms with E-state index in [4.69, 9.17) is 0 Å². The highest BCUT2D eigenvalue weighted by Gasteiger charge is 2.46. The van der Waals surface area contributed by atoms with Crippen LogP contribution in [0.2, 0.25) is 0 Å². The third kappa shape index (κ3) is 1.44. The van der Waals surface area contributed by atoms with Gasteiger partial charge in [0.1, 0.15) is 0 Å². The summed E-state index contributed by atoms with van der Waals surface area (Å²) in [6, 6.07) is 0.875. The maximum absolute atomic E-state index is 3.49. The Bertz CT molecular complexity index is 140. The van der Waals surface area contributed by atoms with Gasteiger partial charge in [0.25, 0.3) is 0 Å². The molecule has 2 rings (SSSR count). The Morgan fingerprint density at radius 1 is 1.45 bits per heavy atom. The molecule has 0 amide bonds. The van der Waals surface area contributed by atoms with Gasteiger partial charge in [0.15, 0.2) is 0 Å². The molecule has 0 heterocycles. The minimum Gasteiger partial charge on any atom is -0.316 e. The zero-order valence-corrected chi connectivity index (χ0v) is 7.64. The maximum atomic E-state index is 3.49. The lowest BCUT2D eigenvalue weighted by Crippen LogP contribution is -2.30. The summed E-state index contributed by atoms with van der Waals surface area (Å²) in [5.74, 6) is 3.15. The van der Waals surface area contributed by atoms with E-state index in [1.54, 1.807) is 0 Å². The highest BCUT2D eigenvalue weighted by molar-refractivity contribution is 5.00. The second-order valence-corrected chi connectivity index (χ2v) is 4.22. The van der Waals surface area contributed by atoms with E-state index in [0.717, 1.165) is 23.8 Å². The highest BCUT2D eigenvalue weighted by Crippen LogP contribution is 2.49. The summed E-state index contributed by atoms with van der Waals surface area (Å²) in [5.41, 5.74) is 0. The summed E-state index contributed by atoms with van der Waals surface area (Å²) in [4.78, 5) is 0. The predicted octanol–water partition coefficient (Wildman–Crippen LogP) is 2.03. The molecule has 0 bridgehead atoms. The van der Waals surface area contributed by atoms with Gasteiger partial charge >= 0.3 is 0 Å². The normalized spacial score (nSPS) is 38.7. The van der Waals surface area contributed by atoms with Crippen LogP contribution in [0, 0.1) is 17.8 Å².